The number of piperidine rings is 1. The van der Waals surface area contributed by atoms with Crippen molar-refractivity contribution < 1.29 is 22.4 Å². The molecular formula is C17H20F4N4OS. The highest BCUT2D eigenvalue weighted by Crippen LogP contribution is 2.33. The van der Waals surface area contributed by atoms with Gasteiger partial charge < -0.3 is 10.2 Å². The lowest BCUT2D eigenvalue weighted by molar-refractivity contribution is -0.132. The second-order valence-electron chi connectivity index (χ2n) is 7.04. The van der Waals surface area contributed by atoms with Crippen LogP contribution in [0.2, 0.25) is 0 Å². The Morgan fingerprint density at radius 1 is 1.41 bits per heavy atom. The topological polar surface area (TPSA) is 48.5 Å². The minimum Gasteiger partial charge on any atom is -0.308 e. The molecule has 2 heterocycles. The van der Waals surface area contributed by atoms with E-state index in [0.29, 0.717) is 19.2 Å². The molecule has 27 heavy (non-hydrogen) atoms. The van der Waals surface area contributed by atoms with E-state index >= 15 is 0 Å². The van der Waals surface area contributed by atoms with Gasteiger partial charge in [-0.05, 0) is 20.2 Å². The van der Waals surface area contributed by atoms with E-state index < -0.39 is 35.8 Å². The molecule has 0 aliphatic carbocycles. The van der Waals surface area contributed by atoms with Gasteiger partial charge in [0.05, 0.1) is 17.2 Å². The number of likely N-dealkylation sites (tertiary alicyclic amines) is 1. The van der Waals surface area contributed by atoms with Crippen LogP contribution in [-0.2, 0) is 4.79 Å². The van der Waals surface area contributed by atoms with Crippen LogP contribution in [-0.4, -0.2) is 66.9 Å². The first-order chi connectivity index (χ1) is 12.6. The van der Waals surface area contributed by atoms with Gasteiger partial charge in [0, 0.05) is 32.1 Å². The molecule has 3 rings (SSSR count). The number of fused-ring (bicyclic) bond motifs is 1. The molecule has 1 fully saturated rings. The standard InChI is InChI=1S/C17H20F4N4OS/c1-24(2)3-4-25-8-10(7-17(20,21)9-25)15(26)23-16-22-14-12(19)5-11(18)6-13(14)27-16/h5-6,10H,3-4,7-9H2,1-2H3,(H,22,23,26). The lowest BCUT2D eigenvalue weighted by Gasteiger charge is -2.37. The lowest BCUT2D eigenvalue weighted by Crippen LogP contribution is -2.51. The Balaban J connectivity index is 1.71. The second kappa shape index (κ2) is 7.69. The number of halogens is 4. The van der Waals surface area contributed by atoms with Crippen LogP contribution in [0.3, 0.4) is 0 Å². The Morgan fingerprint density at radius 2 is 2.15 bits per heavy atom. The number of likely N-dealkylation sites (N-methyl/N-ethyl adjacent to an activating group) is 1. The predicted octanol–water partition coefficient (Wildman–Crippen LogP) is 3.03. The SMILES string of the molecule is CN(C)CCN1CC(C(=O)Nc2nc3c(F)cc(F)cc3s2)CC(F)(F)C1. The molecule has 0 saturated carbocycles. The maximum atomic E-state index is 14.1. The molecule has 1 aromatic heterocycles. The number of nitrogens with zero attached hydrogens (tertiary/aromatic N) is 3. The number of hydrogen-bond donors (Lipinski definition) is 1. The Kier molecular flexibility index (Phi) is 5.68. The molecule has 10 heteroatoms. The summed E-state index contributed by atoms with van der Waals surface area (Å²) in [6.07, 6.45) is -0.550. The van der Waals surface area contributed by atoms with Gasteiger partial charge in [-0.3, -0.25) is 9.69 Å². The van der Waals surface area contributed by atoms with Crippen LogP contribution in [0.15, 0.2) is 12.1 Å². The molecule has 2 aromatic rings. The van der Waals surface area contributed by atoms with Crippen LogP contribution >= 0.6 is 11.3 Å². The molecule has 1 aliphatic rings. The summed E-state index contributed by atoms with van der Waals surface area (Å²) in [6, 6.07) is 1.82. The number of aromatic nitrogens is 1. The minimum absolute atomic E-state index is 0.0571. The number of alkyl halides is 2. The monoisotopic (exact) mass is 404 g/mol. The lowest BCUT2D eigenvalue weighted by atomic mass is 9.94. The van der Waals surface area contributed by atoms with E-state index in [1.165, 1.54) is 0 Å². The van der Waals surface area contributed by atoms with Crippen molar-refractivity contribution in [2.45, 2.75) is 12.3 Å². The summed E-state index contributed by atoms with van der Waals surface area (Å²) in [5.41, 5.74) is -0.0571. The van der Waals surface area contributed by atoms with Crippen LogP contribution in [0.25, 0.3) is 10.2 Å². The van der Waals surface area contributed by atoms with Crippen molar-refractivity contribution in [2.75, 3.05) is 45.6 Å². The molecule has 1 saturated heterocycles. The molecule has 1 N–H and O–H groups in total. The Hall–Kier alpha value is -1.78. The largest absolute Gasteiger partial charge is 0.308 e. The Labute approximate surface area is 158 Å². The van der Waals surface area contributed by atoms with Gasteiger partial charge in [0.25, 0.3) is 5.92 Å². The van der Waals surface area contributed by atoms with Crippen molar-refractivity contribution in [3.8, 4) is 0 Å². The first kappa shape index (κ1) is 20.0. The number of rotatable bonds is 5. The molecule has 5 nitrogen and oxygen atoms in total. The fraction of sp³-hybridized carbons (Fsp3) is 0.529. The van der Waals surface area contributed by atoms with Crippen molar-refractivity contribution in [3.05, 3.63) is 23.8 Å². The van der Waals surface area contributed by atoms with E-state index in [-0.39, 0.29) is 28.4 Å². The third-order valence-corrected chi connectivity index (χ3v) is 5.27. The maximum absolute atomic E-state index is 14.1. The van der Waals surface area contributed by atoms with Gasteiger partial charge in [-0.15, -0.1) is 0 Å². The Bertz CT molecular complexity index is 842. The van der Waals surface area contributed by atoms with E-state index in [1.54, 1.807) is 4.90 Å². The van der Waals surface area contributed by atoms with Gasteiger partial charge in [-0.25, -0.2) is 22.5 Å². The molecule has 1 aromatic carbocycles. The average Bonchev–Trinajstić information content (AvgIpc) is 2.94. The maximum Gasteiger partial charge on any atom is 0.261 e. The number of anilines is 1. The average molecular weight is 404 g/mol. The normalized spacial score (nSPS) is 20.3. The molecule has 0 bridgehead atoms. The summed E-state index contributed by atoms with van der Waals surface area (Å²) in [5.74, 6) is -6.05. The number of benzene rings is 1. The summed E-state index contributed by atoms with van der Waals surface area (Å²) in [4.78, 5) is 19.9. The fourth-order valence-electron chi connectivity index (χ4n) is 3.10. The van der Waals surface area contributed by atoms with E-state index in [9.17, 15) is 22.4 Å². The van der Waals surface area contributed by atoms with Crippen LogP contribution in [0.1, 0.15) is 6.42 Å². The van der Waals surface area contributed by atoms with Crippen molar-refractivity contribution in [2.24, 2.45) is 5.92 Å². The van der Waals surface area contributed by atoms with E-state index in [0.717, 1.165) is 17.4 Å². The highest BCUT2D eigenvalue weighted by atomic mass is 32.1. The van der Waals surface area contributed by atoms with E-state index in [1.807, 2.05) is 19.0 Å². The predicted molar refractivity (Wildman–Crippen MR) is 96.2 cm³/mol. The quantitative estimate of drug-likeness (QED) is 0.779. The van der Waals surface area contributed by atoms with Gasteiger partial charge >= 0.3 is 0 Å². The summed E-state index contributed by atoms with van der Waals surface area (Å²) in [6.45, 7) is 0.866. The summed E-state index contributed by atoms with van der Waals surface area (Å²) in [5, 5.41) is 2.54. The van der Waals surface area contributed by atoms with Crippen LogP contribution in [0.5, 0.6) is 0 Å². The van der Waals surface area contributed by atoms with E-state index in [4.69, 9.17) is 0 Å². The van der Waals surface area contributed by atoms with Crippen molar-refractivity contribution in [3.63, 3.8) is 0 Å². The molecule has 1 amide bonds. The molecule has 1 atom stereocenters. The van der Waals surface area contributed by atoms with Crippen LogP contribution < -0.4 is 5.32 Å². The molecular weight excluding hydrogens is 384 g/mol. The van der Waals surface area contributed by atoms with Gasteiger partial charge in [0.15, 0.2) is 10.9 Å². The highest BCUT2D eigenvalue weighted by molar-refractivity contribution is 7.22. The number of amides is 1. The Morgan fingerprint density at radius 3 is 2.85 bits per heavy atom. The van der Waals surface area contributed by atoms with Crippen molar-refractivity contribution >= 4 is 32.6 Å². The first-order valence-corrected chi connectivity index (χ1v) is 9.26. The second-order valence-corrected chi connectivity index (χ2v) is 8.07. The van der Waals surface area contributed by atoms with Crippen molar-refractivity contribution in [1.82, 2.24) is 14.8 Å². The molecule has 1 unspecified atom stereocenters. The van der Waals surface area contributed by atoms with Crippen LogP contribution in [0, 0.1) is 17.6 Å². The van der Waals surface area contributed by atoms with Gasteiger partial charge in [-0.2, -0.15) is 0 Å². The third kappa shape index (κ3) is 4.94. The van der Waals surface area contributed by atoms with E-state index in [2.05, 4.69) is 10.3 Å². The fourth-order valence-corrected chi connectivity index (χ4v) is 4.01. The third-order valence-electron chi connectivity index (χ3n) is 4.36. The number of thiazole rings is 1. The van der Waals surface area contributed by atoms with Gasteiger partial charge in [0.1, 0.15) is 11.3 Å². The first-order valence-electron chi connectivity index (χ1n) is 8.44. The smallest absolute Gasteiger partial charge is 0.261 e. The number of nitrogens with one attached hydrogen (secondary N) is 1. The van der Waals surface area contributed by atoms with Gasteiger partial charge in [-0.1, -0.05) is 11.3 Å². The molecule has 1 aliphatic heterocycles. The van der Waals surface area contributed by atoms with Crippen molar-refractivity contribution in [1.29, 1.82) is 0 Å². The highest BCUT2D eigenvalue weighted by Gasteiger charge is 2.42. The number of carbonyl (C=O) groups is 1. The molecule has 0 radical (unpaired) electrons. The number of carbonyl (C=O) groups excluding carboxylic acids is 1. The minimum atomic E-state index is -2.96. The number of hydrogen-bond acceptors (Lipinski definition) is 5. The zero-order chi connectivity index (χ0) is 19.8. The zero-order valence-corrected chi connectivity index (χ0v) is 15.8. The molecule has 0 spiro atoms. The summed E-state index contributed by atoms with van der Waals surface area (Å²) in [7, 11) is 3.70. The zero-order valence-electron chi connectivity index (χ0n) is 14.9. The summed E-state index contributed by atoms with van der Waals surface area (Å²) < 4.78 is 55.4. The van der Waals surface area contributed by atoms with Crippen LogP contribution in [0.4, 0.5) is 22.7 Å². The molecule has 148 valence electrons. The van der Waals surface area contributed by atoms with Gasteiger partial charge in [0.2, 0.25) is 5.91 Å². The summed E-state index contributed by atoms with van der Waals surface area (Å²) >= 11 is 0.902.